The van der Waals surface area contributed by atoms with E-state index in [0.29, 0.717) is 45.7 Å². The molecule has 0 aliphatic carbocycles. The summed E-state index contributed by atoms with van der Waals surface area (Å²) in [5.41, 5.74) is 3.17. The van der Waals surface area contributed by atoms with E-state index in [9.17, 15) is 0 Å². The topological polar surface area (TPSA) is 69.3 Å². The van der Waals surface area contributed by atoms with Crippen molar-refractivity contribution in [3.63, 3.8) is 0 Å². The van der Waals surface area contributed by atoms with Gasteiger partial charge in [0, 0.05) is 22.7 Å². The molecule has 0 fully saturated rings. The monoisotopic (exact) mass is 429 g/mol. The van der Waals surface area contributed by atoms with Gasteiger partial charge in [-0.3, -0.25) is 0 Å². The lowest BCUT2D eigenvalue weighted by Gasteiger charge is -2.14. The number of aromatic amines is 1. The van der Waals surface area contributed by atoms with Crippen LogP contribution in [0.3, 0.4) is 0 Å². The molecule has 0 unspecified atom stereocenters. The molecule has 7 heteroatoms. The van der Waals surface area contributed by atoms with Crippen molar-refractivity contribution >= 4 is 21.8 Å². The number of benzene rings is 3. The van der Waals surface area contributed by atoms with Gasteiger partial charge in [-0.15, -0.1) is 0 Å². The number of hydrogen-bond donors (Lipinski definition) is 1. The fourth-order valence-corrected chi connectivity index (χ4v) is 3.62. The molecular formula is C25H20FN3O3. The van der Waals surface area contributed by atoms with Crippen molar-refractivity contribution < 1.29 is 18.6 Å². The fraction of sp³-hybridized carbons (Fsp3) is 0.120. The Labute approximate surface area is 183 Å². The normalized spacial score (nSPS) is 11.1. The molecule has 0 saturated carbocycles. The lowest BCUT2D eigenvalue weighted by atomic mass is 10.2. The van der Waals surface area contributed by atoms with Crippen LogP contribution in [-0.4, -0.2) is 22.3 Å². The average Bonchev–Trinajstić information content (AvgIpc) is 3.21. The van der Waals surface area contributed by atoms with Crippen molar-refractivity contribution in [2.24, 2.45) is 0 Å². The zero-order valence-electron chi connectivity index (χ0n) is 17.6. The summed E-state index contributed by atoms with van der Waals surface area (Å²) in [5, 5.41) is 9.31. The number of nitrogens with zero attached hydrogens (tertiary/aromatic N) is 2. The molecule has 1 N–H and O–H groups in total. The summed E-state index contributed by atoms with van der Waals surface area (Å²) in [5.74, 6) is 1.09. The first-order valence-corrected chi connectivity index (χ1v) is 10.1. The van der Waals surface area contributed by atoms with E-state index in [0.717, 1.165) is 11.3 Å². The molecule has 6 nitrogen and oxygen atoms in total. The van der Waals surface area contributed by atoms with E-state index in [1.807, 2.05) is 37.3 Å². The minimum Gasteiger partial charge on any atom is -0.493 e. The maximum Gasteiger partial charge on any atom is 0.175 e. The molecule has 0 aliphatic heterocycles. The summed E-state index contributed by atoms with van der Waals surface area (Å²) >= 11 is 0. The highest BCUT2D eigenvalue weighted by Gasteiger charge is 2.16. The van der Waals surface area contributed by atoms with Crippen molar-refractivity contribution in [1.29, 1.82) is 0 Å². The average molecular weight is 429 g/mol. The number of fused-ring (bicyclic) bond motifs is 2. The van der Waals surface area contributed by atoms with E-state index in [1.165, 1.54) is 6.20 Å². The molecule has 0 amide bonds. The Bertz CT molecular complexity index is 1420. The number of methoxy groups -OCH3 is 1. The third kappa shape index (κ3) is 3.69. The summed E-state index contributed by atoms with van der Waals surface area (Å²) in [6, 6.07) is 18.5. The third-order valence-electron chi connectivity index (χ3n) is 5.18. The van der Waals surface area contributed by atoms with Gasteiger partial charge >= 0.3 is 0 Å². The first kappa shape index (κ1) is 19.8. The maximum absolute atomic E-state index is 15.0. The van der Waals surface area contributed by atoms with Gasteiger partial charge in [-0.25, -0.2) is 4.39 Å². The van der Waals surface area contributed by atoms with Crippen LogP contribution in [-0.2, 0) is 6.61 Å². The summed E-state index contributed by atoms with van der Waals surface area (Å²) < 4.78 is 32.4. The van der Waals surface area contributed by atoms with Crippen molar-refractivity contribution in [2.75, 3.05) is 7.11 Å². The molecule has 0 atom stereocenters. The number of H-pyrrole nitrogens is 1. The van der Waals surface area contributed by atoms with Crippen LogP contribution in [0.1, 0.15) is 11.3 Å². The van der Waals surface area contributed by atoms with Gasteiger partial charge in [0.15, 0.2) is 28.8 Å². The van der Waals surface area contributed by atoms with Crippen LogP contribution in [0, 0.1) is 12.7 Å². The third-order valence-corrected chi connectivity index (χ3v) is 5.18. The number of aryl methyl sites for hydroxylation is 1. The van der Waals surface area contributed by atoms with E-state index >= 15 is 4.39 Å². The smallest absolute Gasteiger partial charge is 0.175 e. The van der Waals surface area contributed by atoms with Crippen LogP contribution < -0.4 is 14.2 Å². The van der Waals surface area contributed by atoms with E-state index in [-0.39, 0.29) is 5.75 Å². The predicted molar refractivity (Wildman–Crippen MR) is 120 cm³/mol. The zero-order valence-corrected chi connectivity index (χ0v) is 17.6. The molecule has 0 bridgehead atoms. The Morgan fingerprint density at radius 2 is 1.75 bits per heavy atom. The Kier molecular flexibility index (Phi) is 5.07. The second-order valence-electron chi connectivity index (χ2n) is 7.40. The standard InChI is InChI=1S/C25H20FN3O3/c1-15-10-18-19(28-15)8-9-21(25(18)26)32-24-13-27-29-20-12-23(22(30-2)11-17(20)24)31-14-16-6-4-3-5-7-16/h3-13,28H,14H2,1-2H3. The Morgan fingerprint density at radius 3 is 2.56 bits per heavy atom. The molecule has 0 radical (unpaired) electrons. The van der Waals surface area contributed by atoms with Gasteiger partial charge in [-0.2, -0.15) is 10.2 Å². The summed E-state index contributed by atoms with van der Waals surface area (Å²) in [6.07, 6.45) is 1.46. The van der Waals surface area contributed by atoms with Crippen LogP contribution in [0.2, 0.25) is 0 Å². The van der Waals surface area contributed by atoms with Gasteiger partial charge in [0.1, 0.15) is 12.1 Å². The van der Waals surface area contributed by atoms with Crippen LogP contribution in [0.4, 0.5) is 4.39 Å². The van der Waals surface area contributed by atoms with E-state index in [1.54, 1.807) is 37.4 Å². The first-order valence-electron chi connectivity index (χ1n) is 10.1. The number of rotatable bonds is 6. The van der Waals surface area contributed by atoms with Crippen LogP contribution in [0.15, 0.2) is 66.9 Å². The summed E-state index contributed by atoms with van der Waals surface area (Å²) in [6.45, 7) is 2.26. The van der Waals surface area contributed by atoms with Crippen LogP contribution in [0.5, 0.6) is 23.0 Å². The Hall–Kier alpha value is -4.13. The largest absolute Gasteiger partial charge is 0.493 e. The van der Waals surface area contributed by atoms with E-state index in [4.69, 9.17) is 14.2 Å². The molecule has 2 aromatic heterocycles. The maximum atomic E-state index is 15.0. The van der Waals surface area contributed by atoms with Gasteiger partial charge in [-0.05, 0) is 36.8 Å². The number of halogens is 1. The highest BCUT2D eigenvalue weighted by atomic mass is 19.1. The molecule has 0 saturated heterocycles. The first-order chi connectivity index (χ1) is 15.6. The zero-order chi connectivity index (χ0) is 22.1. The van der Waals surface area contributed by atoms with Gasteiger partial charge < -0.3 is 19.2 Å². The SMILES string of the molecule is COc1cc2c(Oc3ccc4[nH]c(C)cc4c3F)cnnc2cc1OCc1ccccc1. The van der Waals surface area contributed by atoms with Crippen molar-refractivity contribution in [1.82, 2.24) is 15.2 Å². The molecule has 0 aliphatic rings. The minimum atomic E-state index is -0.438. The van der Waals surface area contributed by atoms with Crippen molar-refractivity contribution in [2.45, 2.75) is 13.5 Å². The molecule has 5 rings (SSSR count). The summed E-state index contributed by atoms with van der Waals surface area (Å²) in [4.78, 5) is 3.12. The highest BCUT2D eigenvalue weighted by molar-refractivity contribution is 5.88. The number of hydrogen-bond acceptors (Lipinski definition) is 5. The lowest BCUT2D eigenvalue weighted by Crippen LogP contribution is -1.99. The van der Waals surface area contributed by atoms with Gasteiger partial charge in [0.2, 0.25) is 0 Å². The molecule has 0 spiro atoms. The Balaban J connectivity index is 1.50. The fourth-order valence-electron chi connectivity index (χ4n) is 3.62. The van der Waals surface area contributed by atoms with Gasteiger partial charge in [0.05, 0.1) is 18.7 Å². The van der Waals surface area contributed by atoms with Crippen molar-refractivity contribution in [3.8, 4) is 23.0 Å². The van der Waals surface area contributed by atoms with Crippen LogP contribution in [0.25, 0.3) is 21.8 Å². The lowest BCUT2D eigenvalue weighted by molar-refractivity contribution is 0.285. The molecule has 2 heterocycles. The van der Waals surface area contributed by atoms with E-state index < -0.39 is 5.82 Å². The molecule has 32 heavy (non-hydrogen) atoms. The molecular weight excluding hydrogens is 409 g/mol. The van der Waals surface area contributed by atoms with E-state index in [2.05, 4.69) is 15.2 Å². The molecule has 160 valence electrons. The second kappa shape index (κ2) is 8.19. The quantitative estimate of drug-likeness (QED) is 0.362. The number of ether oxygens (including phenoxy) is 3. The minimum absolute atomic E-state index is 0.106. The van der Waals surface area contributed by atoms with Crippen molar-refractivity contribution in [3.05, 3.63) is 83.9 Å². The van der Waals surface area contributed by atoms with Gasteiger partial charge in [-0.1, -0.05) is 30.3 Å². The number of nitrogens with one attached hydrogen (secondary N) is 1. The predicted octanol–water partition coefficient (Wildman–Crippen LogP) is 5.94. The second-order valence-corrected chi connectivity index (χ2v) is 7.40. The van der Waals surface area contributed by atoms with Gasteiger partial charge in [0.25, 0.3) is 0 Å². The molecule has 3 aromatic carbocycles. The summed E-state index contributed by atoms with van der Waals surface area (Å²) in [7, 11) is 1.56. The Morgan fingerprint density at radius 1 is 0.906 bits per heavy atom. The highest BCUT2D eigenvalue weighted by Crippen LogP contribution is 2.38. The number of aromatic nitrogens is 3. The molecule has 5 aromatic rings. The van der Waals surface area contributed by atoms with Crippen LogP contribution >= 0.6 is 0 Å².